The quantitative estimate of drug-likeness (QED) is 0.598. The van der Waals surface area contributed by atoms with E-state index < -0.39 is 0 Å². The zero-order valence-corrected chi connectivity index (χ0v) is 7.14. The van der Waals surface area contributed by atoms with E-state index in [0.717, 1.165) is 19.0 Å². The normalized spacial score (nSPS) is 30.1. The number of fused-ring (bicyclic) bond motifs is 1. The lowest BCUT2D eigenvalue weighted by Crippen LogP contribution is -2.40. The van der Waals surface area contributed by atoms with Crippen LogP contribution in [0.3, 0.4) is 0 Å². The molecule has 2 nitrogen and oxygen atoms in total. The Morgan fingerprint density at radius 1 is 1.73 bits per heavy atom. The van der Waals surface area contributed by atoms with Gasteiger partial charge >= 0.3 is 0 Å². The van der Waals surface area contributed by atoms with Gasteiger partial charge in [-0.25, -0.2) is 0 Å². The van der Waals surface area contributed by atoms with Crippen LogP contribution in [0.25, 0.3) is 0 Å². The van der Waals surface area contributed by atoms with Crippen molar-refractivity contribution in [3.8, 4) is 0 Å². The standard InChI is InChI=1S/C9H16N2/c1-2-8-5-9-6-10-3-4-11(9)7-8/h5,8,10H,2-4,6-7H2,1H3. The summed E-state index contributed by atoms with van der Waals surface area (Å²) in [6, 6.07) is 0. The molecule has 0 aromatic rings. The van der Waals surface area contributed by atoms with Crippen LogP contribution in [0, 0.1) is 5.92 Å². The molecule has 2 rings (SSSR count). The fraction of sp³-hybridized carbons (Fsp3) is 0.778. The summed E-state index contributed by atoms with van der Waals surface area (Å²) in [5.74, 6) is 0.824. The van der Waals surface area contributed by atoms with E-state index in [1.54, 1.807) is 0 Å². The zero-order valence-electron chi connectivity index (χ0n) is 7.14. The molecule has 1 fully saturated rings. The van der Waals surface area contributed by atoms with Crippen LogP contribution in [-0.2, 0) is 0 Å². The number of hydrogen-bond acceptors (Lipinski definition) is 2. The lowest BCUT2D eigenvalue weighted by molar-refractivity contribution is 0.305. The minimum absolute atomic E-state index is 0.824. The Labute approximate surface area is 68.3 Å². The topological polar surface area (TPSA) is 15.3 Å². The van der Waals surface area contributed by atoms with Crippen molar-refractivity contribution in [3.63, 3.8) is 0 Å². The third-order valence-electron chi connectivity index (χ3n) is 2.68. The molecule has 1 saturated heterocycles. The molecule has 1 N–H and O–H groups in total. The lowest BCUT2D eigenvalue weighted by Gasteiger charge is -2.28. The molecule has 62 valence electrons. The summed E-state index contributed by atoms with van der Waals surface area (Å²) in [6.45, 7) is 7.01. The Hall–Kier alpha value is -0.500. The molecule has 0 amide bonds. The molecule has 0 aromatic heterocycles. The zero-order chi connectivity index (χ0) is 7.68. The van der Waals surface area contributed by atoms with Crippen LogP contribution < -0.4 is 5.32 Å². The van der Waals surface area contributed by atoms with Gasteiger partial charge in [-0.2, -0.15) is 0 Å². The first-order valence-corrected chi connectivity index (χ1v) is 4.56. The summed E-state index contributed by atoms with van der Waals surface area (Å²) < 4.78 is 0. The van der Waals surface area contributed by atoms with Gasteiger partial charge in [-0.15, -0.1) is 0 Å². The van der Waals surface area contributed by atoms with Gasteiger partial charge in [0.05, 0.1) is 0 Å². The van der Waals surface area contributed by atoms with Crippen LogP contribution in [0.4, 0.5) is 0 Å². The average molecular weight is 152 g/mol. The summed E-state index contributed by atoms with van der Waals surface area (Å²) >= 11 is 0. The van der Waals surface area contributed by atoms with Crippen LogP contribution in [0.5, 0.6) is 0 Å². The second-order valence-electron chi connectivity index (χ2n) is 3.45. The fourth-order valence-electron chi connectivity index (χ4n) is 1.91. The summed E-state index contributed by atoms with van der Waals surface area (Å²) in [7, 11) is 0. The SMILES string of the molecule is CCC1C=C2CNCCN2C1. The molecule has 0 aromatic carbocycles. The van der Waals surface area contributed by atoms with Gasteiger partial charge in [0.2, 0.25) is 0 Å². The van der Waals surface area contributed by atoms with E-state index in [9.17, 15) is 0 Å². The Morgan fingerprint density at radius 2 is 2.64 bits per heavy atom. The van der Waals surface area contributed by atoms with Crippen molar-refractivity contribution in [2.75, 3.05) is 26.2 Å². The Morgan fingerprint density at radius 3 is 3.36 bits per heavy atom. The van der Waals surface area contributed by atoms with Crippen molar-refractivity contribution in [2.24, 2.45) is 5.92 Å². The largest absolute Gasteiger partial charge is 0.372 e. The number of nitrogens with one attached hydrogen (secondary N) is 1. The molecule has 0 bridgehead atoms. The van der Waals surface area contributed by atoms with Crippen molar-refractivity contribution in [3.05, 3.63) is 11.8 Å². The predicted molar refractivity (Wildman–Crippen MR) is 46.3 cm³/mol. The monoisotopic (exact) mass is 152 g/mol. The molecule has 2 heteroatoms. The molecule has 11 heavy (non-hydrogen) atoms. The number of nitrogens with zero attached hydrogens (tertiary/aromatic N) is 1. The van der Waals surface area contributed by atoms with Crippen molar-refractivity contribution >= 4 is 0 Å². The van der Waals surface area contributed by atoms with Gasteiger partial charge in [0.1, 0.15) is 0 Å². The molecule has 2 aliphatic heterocycles. The maximum Gasteiger partial charge on any atom is 0.0353 e. The van der Waals surface area contributed by atoms with Crippen LogP contribution in [0.1, 0.15) is 13.3 Å². The minimum atomic E-state index is 0.824. The fourth-order valence-corrected chi connectivity index (χ4v) is 1.91. The van der Waals surface area contributed by atoms with Gasteiger partial charge in [-0.3, -0.25) is 0 Å². The van der Waals surface area contributed by atoms with Crippen LogP contribution in [0.15, 0.2) is 11.8 Å². The average Bonchev–Trinajstić information content (AvgIpc) is 2.46. The van der Waals surface area contributed by atoms with Crippen LogP contribution in [0.2, 0.25) is 0 Å². The van der Waals surface area contributed by atoms with Crippen LogP contribution in [-0.4, -0.2) is 31.1 Å². The maximum absolute atomic E-state index is 3.39. The predicted octanol–water partition coefficient (Wildman–Crippen LogP) is 0.815. The van der Waals surface area contributed by atoms with E-state index in [1.165, 1.54) is 25.2 Å². The molecule has 1 unspecified atom stereocenters. The number of hydrogen-bond donors (Lipinski definition) is 1. The Kier molecular flexibility index (Phi) is 1.86. The first-order chi connectivity index (χ1) is 5.40. The molecule has 0 radical (unpaired) electrons. The summed E-state index contributed by atoms with van der Waals surface area (Å²) in [6.07, 6.45) is 3.73. The number of piperazine rings is 1. The van der Waals surface area contributed by atoms with Crippen molar-refractivity contribution < 1.29 is 0 Å². The van der Waals surface area contributed by atoms with E-state index in [2.05, 4.69) is 23.2 Å². The van der Waals surface area contributed by atoms with Gasteiger partial charge in [-0.05, 0) is 12.3 Å². The van der Waals surface area contributed by atoms with Gasteiger partial charge in [0, 0.05) is 31.9 Å². The minimum Gasteiger partial charge on any atom is -0.372 e. The summed E-state index contributed by atoms with van der Waals surface area (Å²) in [5, 5.41) is 3.39. The molecule has 2 aliphatic rings. The second kappa shape index (κ2) is 2.86. The Balaban J connectivity index is 2.04. The highest BCUT2D eigenvalue weighted by Crippen LogP contribution is 2.22. The van der Waals surface area contributed by atoms with E-state index >= 15 is 0 Å². The smallest absolute Gasteiger partial charge is 0.0353 e. The highest BCUT2D eigenvalue weighted by Gasteiger charge is 2.23. The van der Waals surface area contributed by atoms with E-state index in [0.29, 0.717) is 0 Å². The van der Waals surface area contributed by atoms with Crippen molar-refractivity contribution in [2.45, 2.75) is 13.3 Å². The molecule has 1 atom stereocenters. The Bertz CT molecular complexity index is 174. The van der Waals surface area contributed by atoms with Crippen molar-refractivity contribution in [1.29, 1.82) is 0 Å². The van der Waals surface area contributed by atoms with Crippen LogP contribution >= 0.6 is 0 Å². The lowest BCUT2D eigenvalue weighted by atomic mass is 10.1. The number of rotatable bonds is 1. The highest BCUT2D eigenvalue weighted by atomic mass is 15.2. The van der Waals surface area contributed by atoms with Gasteiger partial charge in [-0.1, -0.05) is 13.0 Å². The summed E-state index contributed by atoms with van der Waals surface area (Å²) in [5.41, 5.74) is 1.53. The summed E-state index contributed by atoms with van der Waals surface area (Å²) in [4.78, 5) is 2.52. The highest BCUT2D eigenvalue weighted by molar-refractivity contribution is 5.14. The molecule has 0 spiro atoms. The first kappa shape index (κ1) is 7.17. The van der Waals surface area contributed by atoms with E-state index in [1.807, 2.05) is 0 Å². The first-order valence-electron chi connectivity index (χ1n) is 4.56. The van der Waals surface area contributed by atoms with E-state index in [-0.39, 0.29) is 0 Å². The second-order valence-corrected chi connectivity index (χ2v) is 3.45. The molecule has 2 heterocycles. The molecular formula is C9H16N2. The van der Waals surface area contributed by atoms with Gasteiger partial charge in [0.25, 0.3) is 0 Å². The molecule has 0 saturated carbocycles. The van der Waals surface area contributed by atoms with E-state index in [4.69, 9.17) is 0 Å². The third kappa shape index (κ3) is 1.27. The van der Waals surface area contributed by atoms with Crippen molar-refractivity contribution in [1.82, 2.24) is 10.2 Å². The third-order valence-corrected chi connectivity index (χ3v) is 2.68. The van der Waals surface area contributed by atoms with Gasteiger partial charge < -0.3 is 10.2 Å². The van der Waals surface area contributed by atoms with Gasteiger partial charge in [0.15, 0.2) is 0 Å². The molecular weight excluding hydrogens is 136 g/mol. The maximum atomic E-state index is 3.39. The molecule has 0 aliphatic carbocycles.